The third-order valence-corrected chi connectivity index (χ3v) is 6.48. The van der Waals surface area contributed by atoms with Gasteiger partial charge in [0.15, 0.2) is 0 Å². The molecule has 3 aromatic heterocycles. The largest absolute Gasteiger partial charge is 0.344 e. The summed E-state index contributed by atoms with van der Waals surface area (Å²) < 4.78 is 3.50. The normalized spacial score (nSPS) is 11.6. The summed E-state index contributed by atoms with van der Waals surface area (Å²) in [6.07, 6.45) is 1.06. The number of nitrogens with zero attached hydrogens (tertiary/aromatic N) is 1. The highest BCUT2D eigenvalue weighted by molar-refractivity contribution is 7.38. The van der Waals surface area contributed by atoms with E-state index in [0.717, 1.165) is 40.0 Å². The molecule has 2 nitrogen and oxygen atoms in total. The monoisotopic (exact) mass is 339 g/mol. The number of thiophene rings is 2. The summed E-state index contributed by atoms with van der Waals surface area (Å²) in [7, 11) is 0. The molecule has 4 heteroatoms. The molecule has 0 aliphatic carbocycles. The maximum Gasteiger partial charge on any atom is 0.205 e. The fraction of sp³-hybridized carbons (Fsp3) is 0.211. The molecule has 0 amide bonds. The Balaban J connectivity index is 1.92. The lowest BCUT2D eigenvalue weighted by atomic mass is 10.1. The van der Waals surface area contributed by atoms with Crippen LogP contribution in [-0.2, 0) is 6.54 Å². The Labute approximate surface area is 143 Å². The van der Waals surface area contributed by atoms with Crippen LogP contribution in [0.15, 0.2) is 41.8 Å². The number of hydrogen-bond acceptors (Lipinski definition) is 3. The molecule has 23 heavy (non-hydrogen) atoms. The molecule has 0 aliphatic heterocycles. The minimum atomic E-state index is 0.155. The van der Waals surface area contributed by atoms with Gasteiger partial charge in [0, 0.05) is 28.5 Å². The molecule has 0 saturated heterocycles. The van der Waals surface area contributed by atoms with Crippen molar-refractivity contribution in [3.05, 3.63) is 57.9 Å². The molecule has 0 bridgehead atoms. The predicted molar refractivity (Wildman–Crippen MR) is 100 cm³/mol. The molecule has 0 N–H and O–H groups in total. The topological polar surface area (TPSA) is 22.0 Å². The van der Waals surface area contributed by atoms with Crippen LogP contribution < -0.4 is 0 Å². The molecule has 1 aromatic carbocycles. The Kier molecular flexibility index (Phi) is 3.58. The number of aryl methyl sites for hydroxylation is 1. The average molecular weight is 339 g/mol. The summed E-state index contributed by atoms with van der Waals surface area (Å²) in [6.45, 7) is 5.18. The molecule has 0 aliphatic rings. The maximum absolute atomic E-state index is 13.2. The molecule has 0 atom stereocenters. The van der Waals surface area contributed by atoms with Crippen LogP contribution >= 0.6 is 22.7 Å². The van der Waals surface area contributed by atoms with Gasteiger partial charge in [0.05, 0.1) is 14.5 Å². The maximum atomic E-state index is 13.2. The standard InChI is InChI=1S/C19H17NOS2/c1-3-9-20-12(2)17(14-6-4-5-7-15(14)20)18(21)16-11-13-8-10-22-19(13)23-16/h4-8,10-11H,3,9H2,1-2H3. The first kappa shape index (κ1) is 14.7. The number of para-hydroxylation sites is 1. The minimum absolute atomic E-state index is 0.155. The van der Waals surface area contributed by atoms with Gasteiger partial charge >= 0.3 is 0 Å². The number of carbonyl (C=O) groups excluding carboxylic acids is 1. The van der Waals surface area contributed by atoms with E-state index in [9.17, 15) is 4.79 Å². The second-order valence-corrected chi connectivity index (χ2v) is 7.96. The van der Waals surface area contributed by atoms with Gasteiger partial charge < -0.3 is 4.57 Å². The zero-order valence-corrected chi connectivity index (χ0v) is 14.8. The van der Waals surface area contributed by atoms with Gasteiger partial charge in [-0.2, -0.15) is 0 Å². The second kappa shape index (κ2) is 5.62. The van der Waals surface area contributed by atoms with Crippen molar-refractivity contribution in [3.63, 3.8) is 0 Å². The molecule has 4 rings (SSSR count). The van der Waals surface area contributed by atoms with Gasteiger partial charge in [0.25, 0.3) is 0 Å². The van der Waals surface area contributed by atoms with Gasteiger partial charge in [-0.25, -0.2) is 0 Å². The second-order valence-electron chi connectivity index (χ2n) is 5.73. The first-order chi connectivity index (χ1) is 11.2. The van der Waals surface area contributed by atoms with Crippen LogP contribution in [0.25, 0.3) is 20.3 Å². The van der Waals surface area contributed by atoms with Crippen molar-refractivity contribution in [2.24, 2.45) is 0 Å². The van der Waals surface area contributed by atoms with Crippen molar-refractivity contribution in [2.45, 2.75) is 26.8 Å². The van der Waals surface area contributed by atoms with Crippen LogP contribution in [0.1, 0.15) is 34.3 Å². The van der Waals surface area contributed by atoms with Crippen molar-refractivity contribution in [3.8, 4) is 0 Å². The fourth-order valence-corrected chi connectivity index (χ4v) is 5.29. The van der Waals surface area contributed by atoms with Gasteiger partial charge in [-0.15, -0.1) is 22.7 Å². The zero-order chi connectivity index (χ0) is 16.0. The smallest absolute Gasteiger partial charge is 0.205 e. The van der Waals surface area contributed by atoms with E-state index in [2.05, 4.69) is 42.0 Å². The van der Waals surface area contributed by atoms with E-state index in [1.807, 2.05) is 18.2 Å². The number of fused-ring (bicyclic) bond motifs is 2. The highest BCUT2D eigenvalue weighted by Crippen LogP contribution is 2.34. The molecule has 0 unspecified atom stereocenters. The fourth-order valence-electron chi connectivity index (χ4n) is 3.23. The Morgan fingerprint density at radius 3 is 2.83 bits per heavy atom. The molecule has 116 valence electrons. The molecule has 0 fully saturated rings. The van der Waals surface area contributed by atoms with E-state index < -0.39 is 0 Å². The lowest BCUT2D eigenvalue weighted by Crippen LogP contribution is -2.04. The van der Waals surface area contributed by atoms with E-state index in [-0.39, 0.29) is 5.78 Å². The Morgan fingerprint density at radius 2 is 2.04 bits per heavy atom. The lowest BCUT2D eigenvalue weighted by Gasteiger charge is -2.06. The minimum Gasteiger partial charge on any atom is -0.344 e. The van der Waals surface area contributed by atoms with Gasteiger partial charge in [0.2, 0.25) is 5.78 Å². The van der Waals surface area contributed by atoms with Crippen molar-refractivity contribution >= 4 is 48.8 Å². The number of ketones is 1. The third kappa shape index (κ3) is 2.25. The number of hydrogen-bond donors (Lipinski definition) is 0. The Hall–Kier alpha value is -1.91. The van der Waals surface area contributed by atoms with Crippen LogP contribution in [0.3, 0.4) is 0 Å². The highest BCUT2D eigenvalue weighted by Gasteiger charge is 2.22. The first-order valence-corrected chi connectivity index (χ1v) is 9.50. The molecule has 0 spiro atoms. The molecule has 0 radical (unpaired) electrons. The van der Waals surface area contributed by atoms with Crippen molar-refractivity contribution < 1.29 is 4.79 Å². The quantitative estimate of drug-likeness (QED) is 0.426. The number of rotatable bonds is 4. The molecule has 4 aromatic rings. The zero-order valence-electron chi connectivity index (χ0n) is 13.1. The number of carbonyl (C=O) groups is 1. The van der Waals surface area contributed by atoms with E-state index in [4.69, 9.17) is 0 Å². The van der Waals surface area contributed by atoms with Gasteiger partial charge in [-0.05, 0) is 36.9 Å². The Bertz CT molecular complexity index is 990. The van der Waals surface area contributed by atoms with Crippen molar-refractivity contribution in [1.29, 1.82) is 0 Å². The molecule has 3 heterocycles. The van der Waals surface area contributed by atoms with Crippen LogP contribution in [0.4, 0.5) is 0 Å². The van der Waals surface area contributed by atoms with Gasteiger partial charge in [-0.3, -0.25) is 4.79 Å². The summed E-state index contributed by atoms with van der Waals surface area (Å²) >= 11 is 3.31. The van der Waals surface area contributed by atoms with E-state index in [1.54, 1.807) is 22.7 Å². The summed E-state index contributed by atoms with van der Waals surface area (Å²) in [5.74, 6) is 0.155. The summed E-state index contributed by atoms with van der Waals surface area (Å²) in [5, 5.41) is 4.33. The summed E-state index contributed by atoms with van der Waals surface area (Å²) in [6, 6.07) is 12.4. The van der Waals surface area contributed by atoms with Crippen LogP contribution in [0.5, 0.6) is 0 Å². The van der Waals surface area contributed by atoms with Crippen LogP contribution in [0.2, 0.25) is 0 Å². The summed E-state index contributed by atoms with van der Waals surface area (Å²) in [5.41, 5.74) is 3.10. The van der Waals surface area contributed by atoms with Gasteiger partial charge in [-0.1, -0.05) is 25.1 Å². The lowest BCUT2D eigenvalue weighted by molar-refractivity contribution is 0.104. The van der Waals surface area contributed by atoms with Crippen molar-refractivity contribution in [1.82, 2.24) is 4.57 Å². The third-order valence-electron chi connectivity index (χ3n) is 4.28. The van der Waals surface area contributed by atoms with Crippen LogP contribution in [-0.4, -0.2) is 10.4 Å². The predicted octanol–water partition coefficient (Wildman–Crippen LogP) is 5.87. The molecular formula is C19H17NOS2. The average Bonchev–Trinajstić information content (AvgIpc) is 3.20. The van der Waals surface area contributed by atoms with Crippen LogP contribution in [0, 0.1) is 6.92 Å². The highest BCUT2D eigenvalue weighted by atomic mass is 32.2. The number of aromatic nitrogens is 1. The SMILES string of the molecule is CCCn1c(C)c(C(=O)c2cc3ccsc3s2)c2ccccc21. The van der Waals surface area contributed by atoms with E-state index in [0.29, 0.717) is 0 Å². The molecular weight excluding hydrogens is 322 g/mol. The van der Waals surface area contributed by atoms with Gasteiger partial charge in [0.1, 0.15) is 0 Å². The summed E-state index contributed by atoms with van der Waals surface area (Å²) in [4.78, 5) is 14.0. The number of benzene rings is 1. The van der Waals surface area contributed by atoms with E-state index >= 15 is 0 Å². The molecule has 0 saturated carbocycles. The Morgan fingerprint density at radius 1 is 1.22 bits per heavy atom. The van der Waals surface area contributed by atoms with Crippen molar-refractivity contribution in [2.75, 3.05) is 0 Å². The van der Waals surface area contributed by atoms with E-state index in [1.165, 1.54) is 9.40 Å². The first-order valence-electron chi connectivity index (χ1n) is 7.80.